The van der Waals surface area contributed by atoms with Crippen LogP contribution in [0.3, 0.4) is 0 Å². The first-order chi connectivity index (χ1) is 9.65. The van der Waals surface area contributed by atoms with Crippen molar-refractivity contribution in [1.82, 2.24) is 19.8 Å². The largest absolute Gasteiger partial charge is 0.339 e. The number of hydrogen-bond acceptors (Lipinski definition) is 5. The lowest BCUT2D eigenvalue weighted by Crippen LogP contribution is -2.51. The van der Waals surface area contributed by atoms with E-state index >= 15 is 0 Å². The quantitative estimate of drug-likeness (QED) is 0.543. The summed E-state index contributed by atoms with van der Waals surface area (Å²) in [6.45, 7) is 2.93. The van der Waals surface area contributed by atoms with Crippen molar-refractivity contribution < 1.29 is 9.59 Å². The second-order valence-corrected chi connectivity index (χ2v) is 5.02. The van der Waals surface area contributed by atoms with Crippen molar-refractivity contribution in [2.24, 2.45) is 10.9 Å². The molecule has 7 nitrogen and oxygen atoms in total. The summed E-state index contributed by atoms with van der Waals surface area (Å²) in [7, 11) is 2.02. The Hall–Kier alpha value is -2.15. The summed E-state index contributed by atoms with van der Waals surface area (Å²) in [4.78, 5) is 40.0. The molecule has 1 atom stereocenters. The van der Waals surface area contributed by atoms with Crippen LogP contribution in [0.25, 0.3) is 6.08 Å². The molecule has 1 saturated heterocycles. The van der Waals surface area contributed by atoms with E-state index in [0.29, 0.717) is 23.8 Å². The van der Waals surface area contributed by atoms with E-state index in [1.54, 1.807) is 17.2 Å². The lowest BCUT2D eigenvalue weighted by molar-refractivity contribution is -0.139. The third-order valence-electron chi connectivity index (χ3n) is 3.63. The van der Waals surface area contributed by atoms with Crippen molar-refractivity contribution in [2.75, 3.05) is 33.2 Å². The summed E-state index contributed by atoms with van der Waals surface area (Å²) >= 11 is 0. The lowest BCUT2D eigenvalue weighted by atomic mass is 10.0. The molecular formula is C13H15N5O2. The van der Waals surface area contributed by atoms with Crippen LogP contribution in [0.15, 0.2) is 17.5 Å². The van der Waals surface area contributed by atoms with Crippen molar-refractivity contribution in [2.45, 2.75) is 0 Å². The second kappa shape index (κ2) is 5.09. The highest BCUT2D eigenvalue weighted by molar-refractivity contribution is 6.06. The maximum atomic E-state index is 12.4. The van der Waals surface area contributed by atoms with E-state index in [2.05, 4.69) is 19.9 Å². The zero-order chi connectivity index (χ0) is 14.1. The van der Waals surface area contributed by atoms with E-state index in [0.717, 1.165) is 13.1 Å². The van der Waals surface area contributed by atoms with Gasteiger partial charge in [-0.05, 0) is 7.05 Å². The average Bonchev–Trinajstić information content (AvgIpc) is 2.46. The van der Waals surface area contributed by atoms with E-state index in [-0.39, 0.29) is 5.91 Å². The van der Waals surface area contributed by atoms with E-state index in [4.69, 9.17) is 0 Å². The number of likely N-dealkylation sites (N-methyl/N-ethyl adjacent to an activating group) is 1. The molecule has 1 aromatic rings. The summed E-state index contributed by atoms with van der Waals surface area (Å²) in [5.41, 5.74) is 0.340. The lowest BCUT2D eigenvalue weighted by Gasteiger charge is -2.33. The van der Waals surface area contributed by atoms with E-state index in [9.17, 15) is 9.59 Å². The Labute approximate surface area is 115 Å². The van der Waals surface area contributed by atoms with Gasteiger partial charge in [0.15, 0.2) is 5.49 Å². The zero-order valence-corrected chi connectivity index (χ0v) is 11.2. The minimum absolute atomic E-state index is 0.179. The molecule has 3 rings (SSSR count). The highest BCUT2D eigenvalue weighted by Gasteiger charge is 2.31. The minimum Gasteiger partial charge on any atom is -0.339 e. The van der Waals surface area contributed by atoms with Gasteiger partial charge in [-0.1, -0.05) is 6.08 Å². The molecule has 0 N–H and O–H groups in total. The Morgan fingerprint density at radius 3 is 2.80 bits per heavy atom. The number of amides is 2. The third-order valence-corrected chi connectivity index (χ3v) is 3.63. The number of piperazine rings is 1. The number of carbonyl (C=O) groups excluding carboxylic acids is 2. The maximum Gasteiger partial charge on any atom is 0.264 e. The molecule has 0 radical (unpaired) electrons. The predicted octanol–water partition coefficient (Wildman–Crippen LogP) is -2.19. The summed E-state index contributed by atoms with van der Waals surface area (Å²) in [6, 6.07) is 0. The van der Waals surface area contributed by atoms with Crippen molar-refractivity contribution in [1.29, 1.82) is 0 Å². The molecule has 2 aliphatic heterocycles. The number of rotatable bonds is 1. The second-order valence-electron chi connectivity index (χ2n) is 5.02. The molecule has 1 unspecified atom stereocenters. The smallest absolute Gasteiger partial charge is 0.264 e. The molecule has 0 spiro atoms. The summed E-state index contributed by atoms with van der Waals surface area (Å²) in [6.07, 6.45) is 4.53. The van der Waals surface area contributed by atoms with E-state index in [1.807, 2.05) is 7.05 Å². The molecule has 7 heteroatoms. The molecule has 1 fully saturated rings. The van der Waals surface area contributed by atoms with Crippen molar-refractivity contribution >= 4 is 17.9 Å². The van der Waals surface area contributed by atoms with Crippen molar-refractivity contribution in [3.63, 3.8) is 0 Å². The molecule has 104 valence electrons. The Morgan fingerprint density at radius 1 is 1.30 bits per heavy atom. The van der Waals surface area contributed by atoms with Crippen LogP contribution in [-0.2, 0) is 9.59 Å². The molecule has 20 heavy (non-hydrogen) atoms. The van der Waals surface area contributed by atoms with Gasteiger partial charge in [-0.3, -0.25) is 9.59 Å². The first kappa shape index (κ1) is 12.9. The first-order valence-electron chi connectivity index (χ1n) is 6.53. The predicted molar refractivity (Wildman–Crippen MR) is 69.9 cm³/mol. The van der Waals surface area contributed by atoms with E-state index in [1.165, 1.54) is 6.33 Å². The molecular weight excluding hydrogens is 258 g/mol. The Bertz CT molecular complexity index is 664. The average molecular weight is 273 g/mol. The van der Waals surface area contributed by atoms with Crippen LogP contribution in [0.4, 0.5) is 0 Å². The fourth-order valence-corrected chi connectivity index (χ4v) is 2.37. The van der Waals surface area contributed by atoms with Crippen LogP contribution in [0.2, 0.25) is 0 Å². The van der Waals surface area contributed by atoms with Gasteiger partial charge in [0.1, 0.15) is 12.2 Å². The fraction of sp³-hybridized carbons (Fsp3) is 0.462. The number of aromatic nitrogens is 2. The monoisotopic (exact) mass is 273 g/mol. The molecule has 0 saturated carbocycles. The van der Waals surface area contributed by atoms with Gasteiger partial charge in [-0.2, -0.15) is 4.99 Å². The van der Waals surface area contributed by atoms with Crippen LogP contribution < -0.4 is 10.7 Å². The normalized spacial score (nSPS) is 22.8. The van der Waals surface area contributed by atoms with Gasteiger partial charge in [-0.15, -0.1) is 0 Å². The van der Waals surface area contributed by atoms with Gasteiger partial charge >= 0.3 is 0 Å². The van der Waals surface area contributed by atoms with Gasteiger partial charge in [0, 0.05) is 37.6 Å². The molecule has 2 amide bonds. The number of hydrogen-bond donors (Lipinski definition) is 0. The summed E-state index contributed by atoms with van der Waals surface area (Å²) < 4.78 is 0. The highest BCUT2D eigenvalue weighted by Crippen LogP contribution is 2.11. The number of fused-ring (bicyclic) bond motifs is 1. The Kier molecular flexibility index (Phi) is 3.27. The molecule has 3 heterocycles. The Morgan fingerprint density at radius 2 is 2.05 bits per heavy atom. The van der Waals surface area contributed by atoms with Gasteiger partial charge in [0.25, 0.3) is 5.91 Å². The van der Waals surface area contributed by atoms with Crippen LogP contribution in [-0.4, -0.2) is 64.8 Å². The fourth-order valence-electron chi connectivity index (χ4n) is 2.37. The van der Waals surface area contributed by atoms with Crippen LogP contribution in [0.5, 0.6) is 0 Å². The third kappa shape index (κ3) is 2.32. The van der Waals surface area contributed by atoms with Gasteiger partial charge in [0.05, 0.1) is 0 Å². The van der Waals surface area contributed by atoms with Crippen molar-refractivity contribution in [3.05, 3.63) is 23.2 Å². The molecule has 0 aromatic carbocycles. The van der Waals surface area contributed by atoms with Gasteiger partial charge in [0.2, 0.25) is 5.91 Å². The van der Waals surface area contributed by atoms with Gasteiger partial charge in [-0.25, -0.2) is 9.97 Å². The maximum absolute atomic E-state index is 12.4. The van der Waals surface area contributed by atoms with E-state index < -0.39 is 11.8 Å². The standard InChI is InChI=1S/C13H15N5O2/c1-17-2-4-18(5-3-17)13(20)10-6-9-7-14-8-15-11(9)16-12(10)19/h6-8,10H,2-5H2,1H3. The SMILES string of the molecule is CN1CCN(C(=O)C2C=c3cncnc3=NC2=O)CC1. The summed E-state index contributed by atoms with van der Waals surface area (Å²) in [5, 5.41) is 0.638. The number of nitrogens with zero attached hydrogens (tertiary/aromatic N) is 5. The van der Waals surface area contributed by atoms with Crippen LogP contribution in [0.1, 0.15) is 0 Å². The summed E-state index contributed by atoms with van der Waals surface area (Å²) in [5.74, 6) is -1.46. The van der Waals surface area contributed by atoms with Crippen LogP contribution >= 0.6 is 0 Å². The van der Waals surface area contributed by atoms with Gasteiger partial charge < -0.3 is 9.80 Å². The molecule has 1 aromatic heterocycles. The van der Waals surface area contributed by atoms with Crippen LogP contribution in [0, 0.1) is 5.92 Å². The highest BCUT2D eigenvalue weighted by atomic mass is 16.2. The molecule has 0 aliphatic carbocycles. The Balaban J connectivity index is 1.86. The topological polar surface area (TPSA) is 78.8 Å². The number of carbonyl (C=O) groups is 2. The van der Waals surface area contributed by atoms with Crippen molar-refractivity contribution in [3.8, 4) is 0 Å². The minimum atomic E-state index is -0.836. The zero-order valence-electron chi connectivity index (χ0n) is 11.2. The molecule has 2 aliphatic rings. The first-order valence-corrected chi connectivity index (χ1v) is 6.53. The molecule has 0 bridgehead atoms.